The smallest absolute Gasteiger partial charge is 0.213 e. The van der Waals surface area contributed by atoms with Gasteiger partial charge in [-0.3, -0.25) is 0 Å². The zero-order chi connectivity index (χ0) is 12.4. The Morgan fingerprint density at radius 2 is 2.06 bits per heavy atom. The minimum atomic E-state index is 0.594. The lowest BCUT2D eigenvalue weighted by Crippen LogP contribution is -1.92. The van der Waals surface area contributed by atoms with Crippen LogP contribution in [0.5, 0.6) is 5.88 Å². The van der Waals surface area contributed by atoms with Crippen molar-refractivity contribution in [3.8, 4) is 17.1 Å². The van der Waals surface area contributed by atoms with Crippen molar-refractivity contribution in [2.45, 2.75) is 6.92 Å². The first kappa shape index (κ1) is 12.4. The standard InChI is InChI=1S/C13H11BrClNO/c1-8-6-11(16-12(7-8)17-2)9-4-3-5-10(14)13(9)15/h3-7H,1-2H3. The van der Waals surface area contributed by atoms with E-state index in [4.69, 9.17) is 16.3 Å². The minimum absolute atomic E-state index is 0.594. The third-order valence-corrected chi connectivity index (χ3v) is 3.68. The molecule has 0 spiro atoms. The van der Waals surface area contributed by atoms with Crippen molar-refractivity contribution in [3.05, 3.63) is 45.4 Å². The lowest BCUT2D eigenvalue weighted by atomic mass is 10.1. The van der Waals surface area contributed by atoms with Crippen LogP contribution in [0.25, 0.3) is 11.3 Å². The van der Waals surface area contributed by atoms with Gasteiger partial charge < -0.3 is 4.74 Å². The van der Waals surface area contributed by atoms with Crippen LogP contribution in [0.2, 0.25) is 5.02 Å². The molecule has 0 N–H and O–H groups in total. The fraction of sp³-hybridized carbons (Fsp3) is 0.154. The lowest BCUT2D eigenvalue weighted by Gasteiger charge is -2.08. The maximum absolute atomic E-state index is 6.25. The fourth-order valence-electron chi connectivity index (χ4n) is 1.58. The van der Waals surface area contributed by atoms with Gasteiger partial charge >= 0.3 is 0 Å². The van der Waals surface area contributed by atoms with Gasteiger partial charge in [0.2, 0.25) is 5.88 Å². The molecule has 0 aliphatic heterocycles. The number of halogens is 2. The van der Waals surface area contributed by atoms with E-state index >= 15 is 0 Å². The fourth-order valence-corrected chi connectivity index (χ4v) is 2.17. The maximum Gasteiger partial charge on any atom is 0.213 e. The van der Waals surface area contributed by atoms with Crippen molar-refractivity contribution in [2.75, 3.05) is 7.11 Å². The van der Waals surface area contributed by atoms with Gasteiger partial charge in [-0.05, 0) is 40.5 Å². The average Bonchev–Trinajstić information content (AvgIpc) is 2.31. The monoisotopic (exact) mass is 311 g/mol. The van der Waals surface area contributed by atoms with Gasteiger partial charge in [0.05, 0.1) is 17.8 Å². The molecule has 0 saturated heterocycles. The Kier molecular flexibility index (Phi) is 3.69. The topological polar surface area (TPSA) is 22.1 Å². The molecule has 17 heavy (non-hydrogen) atoms. The summed E-state index contributed by atoms with van der Waals surface area (Å²) in [7, 11) is 1.61. The number of pyridine rings is 1. The van der Waals surface area contributed by atoms with E-state index in [1.807, 2.05) is 37.3 Å². The highest BCUT2D eigenvalue weighted by Crippen LogP contribution is 2.33. The maximum atomic E-state index is 6.25. The number of hydrogen-bond acceptors (Lipinski definition) is 2. The van der Waals surface area contributed by atoms with Crippen molar-refractivity contribution in [1.29, 1.82) is 0 Å². The van der Waals surface area contributed by atoms with E-state index in [1.165, 1.54) is 0 Å². The van der Waals surface area contributed by atoms with Crippen LogP contribution >= 0.6 is 27.5 Å². The van der Waals surface area contributed by atoms with Gasteiger partial charge in [0.25, 0.3) is 0 Å². The highest BCUT2D eigenvalue weighted by Gasteiger charge is 2.09. The Bertz CT molecular complexity index is 557. The predicted octanol–water partition coefficient (Wildman–Crippen LogP) is 4.48. The van der Waals surface area contributed by atoms with Crippen molar-refractivity contribution in [2.24, 2.45) is 0 Å². The second kappa shape index (κ2) is 5.07. The molecule has 1 aromatic heterocycles. The molecule has 88 valence electrons. The number of methoxy groups -OCH3 is 1. The van der Waals surface area contributed by atoms with E-state index < -0.39 is 0 Å². The predicted molar refractivity (Wildman–Crippen MR) is 73.7 cm³/mol. The van der Waals surface area contributed by atoms with Crippen LogP contribution < -0.4 is 4.74 Å². The Labute approximate surface area is 114 Å². The lowest BCUT2D eigenvalue weighted by molar-refractivity contribution is 0.398. The van der Waals surface area contributed by atoms with Crippen molar-refractivity contribution in [1.82, 2.24) is 4.98 Å². The molecule has 0 unspecified atom stereocenters. The third kappa shape index (κ3) is 2.61. The van der Waals surface area contributed by atoms with Crippen LogP contribution in [-0.2, 0) is 0 Å². The Hall–Kier alpha value is -1.06. The first-order valence-electron chi connectivity index (χ1n) is 5.09. The van der Waals surface area contributed by atoms with E-state index in [0.29, 0.717) is 10.9 Å². The van der Waals surface area contributed by atoms with Gasteiger partial charge in [-0.15, -0.1) is 0 Å². The molecule has 4 heteroatoms. The van der Waals surface area contributed by atoms with E-state index in [9.17, 15) is 0 Å². The molecule has 0 atom stereocenters. The highest BCUT2D eigenvalue weighted by atomic mass is 79.9. The molecule has 2 aromatic rings. The molecular weight excluding hydrogens is 302 g/mol. The van der Waals surface area contributed by atoms with Crippen molar-refractivity contribution >= 4 is 27.5 Å². The van der Waals surface area contributed by atoms with E-state index in [2.05, 4.69) is 20.9 Å². The molecule has 0 amide bonds. The van der Waals surface area contributed by atoms with Crippen LogP contribution in [-0.4, -0.2) is 12.1 Å². The molecule has 2 rings (SSSR count). The van der Waals surface area contributed by atoms with Crippen molar-refractivity contribution < 1.29 is 4.74 Å². The molecule has 2 nitrogen and oxygen atoms in total. The summed E-state index contributed by atoms with van der Waals surface area (Å²) in [6, 6.07) is 9.64. The molecule has 0 saturated carbocycles. The van der Waals surface area contributed by atoms with Crippen LogP contribution in [0, 0.1) is 6.92 Å². The molecule has 0 aliphatic rings. The number of ether oxygens (including phenoxy) is 1. The van der Waals surface area contributed by atoms with Gasteiger partial charge in [-0.2, -0.15) is 0 Å². The largest absolute Gasteiger partial charge is 0.481 e. The summed E-state index contributed by atoms with van der Waals surface area (Å²) in [5, 5.41) is 0.660. The first-order valence-corrected chi connectivity index (χ1v) is 6.26. The summed E-state index contributed by atoms with van der Waals surface area (Å²) in [5.74, 6) is 0.594. The molecule has 0 fully saturated rings. The molecule has 1 aromatic carbocycles. The van der Waals surface area contributed by atoms with Crippen LogP contribution in [0.3, 0.4) is 0 Å². The summed E-state index contributed by atoms with van der Waals surface area (Å²) >= 11 is 9.65. The van der Waals surface area contributed by atoms with E-state index in [1.54, 1.807) is 7.11 Å². The molecule has 0 aliphatic carbocycles. The highest BCUT2D eigenvalue weighted by molar-refractivity contribution is 9.10. The third-order valence-electron chi connectivity index (χ3n) is 2.38. The zero-order valence-electron chi connectivity index (χ0n) is 9.50. The van der Waals surface area contributed by atoms with Crippen molar-refractivity contribution in [3.63, 3.8) is 0 Å². The van der Waals surface area contributed by atoms with Gasteiger partial charge in [-0.1, -0.05) is 23.7 Å². The Morgan fingerprint density at radius 3 is 2.76 bits per heavy atom. The minimum Gasteiger partial charge on any atom is -0.481 e. The molecule has 0 bridgehead atoms. The summed E-state index contributed by atoms with van der Waals surface area (Å²) in [5.41, 5.74) is 2.79. The van der Waals surface area contributed by atoms with E-state index in [-0.39, 0.29) is 0 Å². The number of nitrogens with zero attached hydrogens (tertiary/aromatic N) is 1. The van der Waals surface area contributed by atoms with Gasteiger partial charge in [0, 0.05) is 16.1 Å². The number of aromatic nitrogens is 1. The number of rotatable bonds is 2. The SMILES string of the molecule is COc1cc(C)cc(-c2cccc(Br)c2Cl)n1. The Morgan fingerprint density at radius 1 is 1.29 bits per heavy atom. The average molecular weight is 313 g/mol. The van der Waals surface area contributed by atoms with Gasteiger partial charge in [0.1, 0.15) is 0 Å². The second-order valence-electron chi connectivity index (χ2n) is 3.67. The summed E-state index contributed by atoms with van der Waals surface area (Å²) in [6.07, 6.45) is 0. The molecular formula is C13H11BrClNO. The zero-order valence-corrected chi connectivity index (χ0v) is 11.8. The summed E-state index contributed by atoms with van der Waals surface area (Å²) < 4.78 is 6.02. The van der Waals surface area contributed by atoms with Gasteiger partial charge in [-0.25, -0.2) is 4.98 Å². The number of hydrogen-bond donors (Lipinski definition) is 0. The second-order valence-corrected chi connectivity index (χ2v) is 4.91. The number of aryl methyl sites for hydroxylation is 1. The van der Waals surface area contributed by atoms with Crippen LogP contribution in [0.15, 0.2) is 34.8 Å². The van der Waals surface area contributed by atoms with E-state index in [0.717, 1.165) is 21.3 Å². The number of benzene rings is 1. The van der Waals surface area contributed by atoms with Gasteiger partial charge in [0.15, 0.2) is 0 Å². The van der Waals surface area contributed by atoms with Crippen LogP contribution in [0.1, 0.15) is 5.56 Å². The first-order chi connectivity index (χ1) is 8.11. The normalized spacial score (nSPS) is 10.4. The Balaban J connectivity index is 2.60. The molecule has 0 radical (unpaired) electrons. The summed E-state index contributed by atoms with van der Waals surface area (Å²) in [6.45, 7) is 2.00. The van der Waals surface area contributed by atoms with Crippen LogP contribution in [0.4, 0.5) is 0 Å². The molecule has 1 heterocycles. The quantitative estimate of drug-likeness (QED) is 0.815. The summed E-state index contributed by atoms with van der Waals surface area (Å²) in [4.78, 5) is 4.40.